The number of fused-ring (bicyclic) bond motifs is 1. The Balaban J connectivity index is 1.88. The highest BCUT2D eigenvalue weighted by atomic mass is 35.5. The number of likely N-dealkylation sites (N-methyl/N-ethyl adjacent to an activating group) is 1. The van der Waals surface area contributed by atoms with Crippen molar-refractivity contribution in [2.75, 3.05) is 11.9 Å². The number of nitrogens with zero attached hydrogens (tertiary/aromatic N) is 3. The molecule has 1 aromatic carbocycles. The van der Waals surface area contributed by atoms with Crippen LogP contribution in [0.3, 0.4) is 0 Å². The van der Waals surface area contributed by atoms with Gasteiger partial charge < -0.3 is 20.3 Å². The molecule has 4 atom stereocenters. The lowest BCUT2D eigenvalue weighted by atomic mass is 9.71. The predicted molar refractivity (Wildman–Crippen MR) is 146 cm³/mol. The summed E-state index contributed by atoms with van der Waals surface area (Å²) in [6, 6.07) is 6.17. The van der Waals surface area contributed by atoms with Gasteiger partial charge in [-0.2, -0.15) is 0 Å². The maximum Gasteiger partial charge on any atom is 0.146 e. The van der Waals surface area contributed by atoms with Gasteiger partial charge in [-0.25, -0.2) is 4.98 Å². The minimum Gasteiger partial charge on any atom is -0.370 e. The zero-order valence-corrected chi connectivity index (χ0v) is 21.8. The van der Waals surface area contributed by atoms with Gasteiger partial charge >= 0.3 is 0 Å². The van der Waals surface area contributed by atoms with E-state index in [-0.39, 0.29) is 11.3 Å². The monoisotopic (exact) mass is 510 g/mol. The van der Waals surface area contributed by atoms with Gasteiger partial charge in [-0.1, -0.05) is 42.5 Å². The van der Waals surface area contributed by atoms with Crippen LogP contribution in [0, 0.1) is 5.92 Å². The first-order chi connectivity index (χ1) is 16.7. The number of anilines is 1. The first-order valence-corrected chi connectivity index (χ1v) is 12.5. The van der Waals surface area contributed by atoms with Crippen molar-refractivity contribution >= 4 is 34.5 Å². The molecule has 0 bridgehead atoms. The van der Waals surface area contributed by atoms with Crippen molar-refractivity contribution in [3.63, 3.8) is 0 Å². The van der Waals surface area contributed by atoms with Gasteiger partial charge in [0.1, 0.15) is 6.23 Å². The molecule has 1 aromatic heterocycles. The fourth-order valence-electron chi connectivity index (χ4n) is 5.01. The summed E-state index contributed by atoms with van der Waals surface area (Å²) in [6.07, 6.45) is 16.0. The molecule has 2 heterocycles. The van der Waals surface area contributed by atoms with Gasteiger partial charge in [-0.05, 0) is 66.8 Å². The fraction of sp³-hybridized carbons (Fsp3) is 0.321. The van der Waals surface area contributed by atoms with Crippen LogP contribution < -0.4 is 10.6 Å². The van der Waals surface area contributed by atoms with Crippen LogP contribution >= 0.6 is 23.2 Å². The number of aryl methyl sites for hydroxylation is 1. The number of alkyl halides is 1. The van der Waals surface area contributed by atoms with Crippen LogP contribution in [0.15, 0.2) is 84.4 Å². The maximum absolute atomic E-state index is 10.7. The Morgan fingerprint density at radius 3 is 2.69 bits per heavy atom. The molecule has 0 saturated heterocycles. The van der Waals surface area contributed by atoms with Crippen molar-refractivity contribution in [3.05, 3.63) is 101 Å². The van der Waals surface area contributed by atoms with Gasteiger partial charge in [0.05, 0.1) is 29.1 Å². The van der Waals surface area contributed by atoms with E-state index in [0.29, 0.717) is 10.6 Å². The van der Waals surface area contributed by atoms with E-state index in [9.17, 15) is 5.11 Å². The molecule has 0 spiro atoms. The molecular formula is C28H32Cl2N4O. The first-order valence-electron chi connectivity index (χ1n) is 11.7. The number of rotatable bonds is 6. The Morgan fingerprint density at radius 1 is 1.29 bits per heavy atom. The molecule has 1 aliphatic heterocycles. The van der Waals surface area contributed by atoms with Crippen LogP contribution in [0.25, 0.3) is 5.57 Å². The summed E-state index contributed by atoms with van der Waals surface area (Å²) < 4.78 is 1.98. The Kier molecular flexibility index (Phi) is 7.43. The van der Waals surface area contributed by atoms with Gasteiger partial charge in [0.2, 0.25) is 0 Å². The number of nitrogens with two attached hydrogens (primary N) is 1. The van der Waals surface area contributed by atoms with Crippen LogP contribution in [0.4, 0.5) is 5.69 Å². The molecule has 1 aliphatic carbocycles. The van der Waals surface area contributed by atoms with Gasteiger partial charge in [0.15, 0.2) is 0 Å². The molecule has 0 amide bonds. The third kappa shape index (κ3) is 4.78. The van der Waals surface area contributed by atoms with Crippen molar-refractivity contribution in [2.24, 2.45) is 18.7 Å². The lowest BCUT2D eigenvalue weighted by Crippen LogP contribution is -2.47. The SMILES string of the molecule is C=C(/C=C(Cl)\C=C/C)C1=CC(O)N(C)c2ccc(C(N)(c3cncn3C)C3C=CC(Cl)CC3)cc21. The van der Waals surface area contributed by atoms with Crippen LogP contribution in [-0.2, 0) is 12.6 Å². The number of halogens is 2. The average molecular weight is 511 g/mol. The van der Waals surface area contributed by atoms with Crippen LogP contribution in [-0.4, -0.2) is 33.3 Å². The molecule has 0 radical (unpaired) electrons. The summed E-state index contributed by atoms with van der Waals surface area (Å²) in [5.74, 6) is 0.0394. The summed E-state index contributed by atoms with van der Waals surface area (Å²) in [5, 5.41) is 11.3. The number of allylic oxidation sites excluding steroid dienone is 7. The number of hydrogen-bond acceptors (Lipinski definition) is 4. The average Bonchev–Trinajstić information content (AvgIpc) is 3.27. The third-order valence-corrected chi connectivity index (χ3v) is 7.57. The lowest BCUT2D eigenvalue weighted by molar-refractivity contribution is 0.222. The van der Waals surface area contributed by atoms with E-state index in [0.717, 1.165) is 40.9 Å². The van der Waals surface area contributed by atoms with Crippen molar-refractivity contribution in [1.29, 1.82) is 0 Å². The second-order valence-corrected chi connectivity index (χ2v) is 10.2. The summed E-state index contributed by atoms with van der Waals surface area (Å²) in [7, 11) is 3.83. The van der Waals surface area contributed by atoms with Crippen molar-refractivity contribution in [2.45, 2.75) is 36.9 Å². The normalized spacial score (nSPS) is 24.3. The highest BCUT2D eigenvalue weighted by molar-refractivity contribution is 6.31. The first kappa shape index (κ1) is 25.5. The summed E-state index contributed by atoms with van der Waals surface area (Å²) in [5.41, 5.74) is 11.8. The zero-order valence-electron chi connectivity index (χ0n) is 20.3. The number of benzene rings is 1. The zero-order chi connectivity index (χ0) is 25.3. The van der Waals surface area contributed by atoms with E-state index < -0.39 is 11.8 Å². The summed E-state index contributed by atoms with van der Waals surface area (Å²) >= 11 is 12.7. The molecule has 0 fully saturated rings. The number of imidazole rings is 1. The van der Waals surface area contributed by atoms with Gasteiger partial charge in [0.25, 0.3) is 0 Å². The lowest BCUT2D eigenvalue weighted by Gasteiger charge is -2.40. The Hall–Kier alpha value is -2.57. The molecule has 3 N–H and O–H groups in total. The number of hydrogen-bond donors (Lipinski definition) is 2. The van der Waals surface area contributed by atoms with Gasteiger partial charge in [-0.3, -0.25) is 0 Å². The van der Waals surface area contributed by atoms with E-state index in [1.807, 2.05) is 73.1 Å². The highest BCUT2D eigenvalue weighted by Crippen LogP contribution is 2.44. The standard InChI is InChI=1S/C28H32Cl2N4O/c1-5-6-22(30)13-18(2)23-15-27(35)34(4)25-12-9-20(14-24(23)25)28(31,26-16-32-17-33(26)3)19-7-10-21(29)11-8-19/h5-7,9-10,12-17,19,21,27,35H,2,8,11,31H2,1,3-4H3/b6-5-,22-13+. The Morgan fingerprint density at radius 2 is 2.06 bits per heavy atom. The topological polar surface area (TPSA) is 67.3 Å². The second kappa shape index (κ2) is 10.2. The maximum atomic E-state index is 10.7. The number of aliphatic hydroxyl groups excluding tert-OH is 1. The molecular weight excluding hydrogens is 479 g/mol. The third-order valence-electron chi connectivity index (χ3n) is 6.97. The molecule has 7 heteroatoms. The minimum absolute atomic E-state index is 0.0206. The smallest absolute Gasteiger partial charge is 0.146 e. The number of aliphatic hydroxyl groups is 1. The highest BCUT2D eigenvalue weighted by Gasteiger charge is 2.41. The van der Waals surface area contributed by atoms with Crippen LogP contribution in [0.5, 0.6) is 0 Å². The summed E-state index contributed by atoms with van der Waals surface area (Å²) in [4.78, 5) is 6.19. The van der Waals surface area contributed by atoms with Gasteiger partial charge in [0, 0.05) is 36.3 Å². The molecule has 35 heavy (non-hydrogen) atoms. The van der Waals surface area contributed by atoms with E-state index in [1.165, 1.54) is 0 Å². The van der Waals surface area contributed by atoms with Crippen molar-refractivity contribution < 1.29 is 5.11 Å². The minimum atomic E-state index is -0.826. The van der Waals surface area contributed by atoms with Gasteiger partial charge in [-0.15, -0.1) is 11.6 Å². The van der Waals surface area contributed by atoms with E-state index in [2.05, 4.69) is 23.7 Å². The van der Waals surface area contributed by atoms with E-state index in [4.69, 9.17) is 28.9 Å². The quantitative estimate of drug-likeness (QED) is 0.301. The fourth-order valence-corrected chi connectivity index (χ4v) is 5.48. The molecule has 2 aromatic rings. The second-order valence-electron chi connectivity index (χ2n) is 9.23. The number of aromatic nitrogens is 2. The molecule has 0 saturated carbocycles. The molecule has 4 unspecified atom stereocenters. The Labute approximate surface area is 217 Å². The Bertz CT molecular complexity index is 1240. The molecule has 5 nitrogen and oxygen atoms in total. The summed E-state index contributed by atoms with van der Waals surface area (Å²) in [6.45, 7) is 6.16. The molecule has 184 valence electrons. The van der Waals surface area contributed by atoms with E-state index >= 15 is 0 Å². The predicted octanol–water partition coefficient (Wildman–Crippen LogP) is 5.60. The van der Waals surface area contributed by atoms with E-state index in [1.54, 1.807) is 12.4 Å². The van der Waals surface area contributed by atoms with Crippen molar-refractivity contribution in [1.82, 2.24) is 9.55 Å². The molecule has 2 aliphatic rings. The van der Waals surface area contributed by atoms with Crippen molar-refractivity contribution in [3.8, 4) is 0 Å². The largest absolute Gasteiger partial charge is 0.370 e. The molecule has 4 rings (SSSR count). The van der Waals surface area contributed by atoms with Crippen LogP contribution in [0.2, 0.25) is 0 Å². The van der Waals surface area contributed by atoms with Crippen LogP contribution in [0.1, 0.15) is 36.6 Å².